The first-order valence-corrected chi connectivity index (χ1v) is 10.0. The molecule has 0 saturated heterocycles. The van der Waals surface area contributed by atoms with Crippen molar-refractivity contribution in [3.05, 3.63) is 60.5 Å². The lowest BCUT2D eigenvalue weighted by Gasteiger charge is -2.11. The van der Waals surface area contributed by atoms with Crippen LogP contribution in [-0.4, -0.2) is 53.6 Å². The molecule has 1 unspecified atom stereocenters. The maximum absolute atomic E-state index is 4.79. The summed E-state index contributed by atoms with van der Waals surface area (Å²) >= 11 is 0. The number of allylic oxidation sites excluding steroid dienone is 4. The van der Waals surface area contributed by atoms with Crippen LogP contribution in [0.3, 0.4) is 0 Å². The zero-order valence-corrected chi connectivity index (χ0v) is 18.0. The Labute approximate surface area is 170 Å². The van der Waals surface area contributed by atoms with Crippen LogP contribution in [0, 0.1) is 0 Å². The molecule has 0 spiro atoms. The molecule has 0 aliphatic heterocycles. The van der Waals surface area contributed by atoms with Crippen LogP contribution in [0.25, 0.3) is 0 Å². The molecule has 1 atom stereocenters. The fourth-order valence-corrected chi connectivity index (χ4v) is 2.24. The number of hydrogen-bond donors (Lipinski definition) is 2. The molecule has 0 aliphatic carbocycles. The van der Waals surface area contributed by atoms with Gasteiger partial charge in [0.25, 0.3) is 0 Å². The maximum Gasteiger partial charge on any atom is 0.144 e. The van der Waals surface area contributed by atoms with Crippen molar-refractivity contribution in [3.63, 3.8) is 0 Å². The second-order valence-electron chi connectivity index (χ2n) is 6.87. The van der Waals surface area contributed by atoms with Gasteiger partial charge in [0.15, 0.2) is 0 Å². The SMILES string of the molecule is CCCNCCCNc1cnccnccc(C(C)/C=C\C=C(/C)N(C)C)n1. The second-order valence-corrected chi connectivity index (χ2v) is 6.87. The van der Waals surface area contributed by atoms with Crippen molar-refractivity contribution in [1.82, 2.24) is 25.2 Å². The smallest absolute Gasteiger partial charge is 0.144 e. The highest BCUT2D eigenvalue weighted by Gasteiger charge is 2.02. The summed E-state index contributed by atoms with van der Waals surface area (Å²) in [5, 5.41) is 6.80. The first kappa shape index (κ1) is 23.6. The molecule has 6 nitrogen and oxygen atoms in total. The minimum absolute atomic E-state index is 0.150. The van der Waals surface area contributed by atoms with E-state index >= 15 is 0 Å². The molecule has 0 aliphatic rings. The lowest BCUT2D eigenvalue weighted by atomic mass is 10.1. The first-order chi connectivity index (χ1) is 13.5. The molecule has 0 saturated carbocycles. The number of hydrogen-bond acceptors (Lipinski definition) is 6. The van der Waals surface area contributed by atoms with E-state index in [1.54, 1.807) is 24.8 Å². The van der Waals surface area contributed by atoms with Gasteiger partial charge in [-0.15, -0.1) is 0 Å². The fraction of sp³-hybridized carbons (Fsp3) is 0.500. The van der Waals surface area contributed by atoms with E-state index < -0.39 is 0 Å². The molecular weight excluding hydrogens is 348 g/mol. The summed E-state index contributed by atoms with van der Waals surface area (Å²) in [7, 11) is 4.08. The third kappa shape index (κ3) is 10.6. The minimum atomic E-state index is 0.150. The summed E-state index contributed by atoms with van der Waals surface area (Å²) in [5.41, 5.74) is 2.13. The zero-order valence-electron chi connectivity index (χ0n) is 18.0. The van der Waals surface area contributed by atoms with Gasteiger partial charge in [-0.05, 0) is 45.0 Å². The van der Waals surface area contributed by atoms with Gasteiger partial charge in [0.2, 0.25) is 0 Å². The third-order valence-electron chi connectivity index (χ3n) is 4.19. The molecule has 154 valence electrons. The Balaban J connectivity index is 2.90. The lowest BCUT2D eigenvalue weighted by molar-refractivity contribution is 0.514. The molecule has 0 amide bonds. The zero-order chi connectivity index (χ0) is 20.6. The van der Waals surface area contributed by atoms with Crippen LogP contribution in [0.5, 0.6) is 0 Å². The summed E-state index contributed by atoms with van der Waals surface area (Å²) in [6, 6.07) is 1.95. The molecule has 0 bridgehead atoms. The molecule has 6 heteroatoms. The summed E-state index contributed by atoms with van der Waals surface area (Å²) in [5.74, 6) is 0.916. The van der Waals surface area contributed by atoms with Gasteiger partial charge < -0.3 is 15.5 Å². The van der Waals surface area contributed by atoms with E-state index in [9.17, 15) is 0 Å². The number of nitrogens with one attached hydrogen (secondary N) is 2. The van der Waals surface area contributed by atoms with Crippen molar-refractivity contribution in [2.75, 3.05) is 39.0 Å². The van der Waals surface area contributed by atoms with Crippen LogP contribution in [0.4, 0.5) is 5.82 Å². The van der Waals surface area contributed by atoms with Crippen molar-refractivity contribution >= 4 is 5.82 Å². The average molecular weight is 385 g/mol. The van der Waals surface area contributed by atoms with Gasteiger partial charge in [-0.1, -0.05) is 26.0 Å². The molecule has 0 aromatic carbocycles. The van der Waals surface area contributed by atoms with Crippen molar-refractivity contribution in [1.29, 1.82) is 0 Å². The summed E-state index contributed by atoms with van der Waals surface area (Å²) in [6.07, 6.45) is 15.3. The fourth-order valence-electron chi connectivity index (χ4n) is 2.24. The number of nitrogens with zero attached hydrogens (tertiary/aromatic N) is 4. The average Bonchev–Trinajstić information content (AvgIpc) is 2.68. The monoisotopic (exact) mass is 384 g/mol. The largest absolute Gasteiger partial charge is 0.381 e. The van der Waals surface area contributed by atoms with Gasteiger partial charge in [-0.3, -0.25) is 9.97 Å². The molecule has 2 N–H and O–H groups in total. The van der Waals surface area contributed by atoms with Crippen molar-refractivity contribution < 1.29 is 0 Å². The highest BCUT2D eigenvalue weighted by molar-refractivity contribution is 5.31. The van der Waals surface area contributed by atoms with Gasteiger partial charge in [-0.2, -0.15) is 0 Å². The molecular formula is C22H36N6. The van der Waals surface area contributed by atoms with Gasteiger partial charge in [-0.25, -0.2) is 4.98 Å². The van der Waals surface area contributed by atoms with Crippen LogP contribution in [0.15, 0.2) is 54.8 Å². The Hall–Kier alpha value is -2.47. The number of aromatic nitrogens is 3. The van der Waals surface area contributed by atoms with E-state index in [4.69, 9.17) is 4.98 Å². The van der Waals surface area contributed by atoms with Gasteiger partial charge >= 0.3 is 0 Å². The van der Waals surface area contributed by atoms with Crippen LogP contribution in [-0.2, 0) is 0 Å². The Morgan fingerprint density at radius 2 is 1.93 bits per heavy atom. The van der Waals surface area contributed by atoms with Crippen LogP contribution in [0.1, 0.15) is 45.2 Å². The summed E-state index contributed by atoms with van der Waals surface area (Å²) in [4.78, 5) is 15.3. The molecule has 28 heavy (non-hydrogen) atoms. The molecule has 1 aromatic rings. The number of anilines is 1. The molecule has 1 rings (SSSR count). The topological polar surface area (TPSA) is 66.0 Å². The van der Waals surface area contributed by atoms with E-state index in [-0.39, 0.29) is 5.92 Å². The molecule has 0 radical (unpaired) electrons. The van der Waals surface area contributed by atoms with Crippen LogP contribution >= 0.6 is 0 Å². The Bertz CT molecular complexity index is 668. The Morgan fingerprint density at radius 1 is 1.14 bits per heavy atom. The van der Waals surface area contributed by atoms with Gasteiger partial charge in [0.1, 0.15) is 5.82 Å². The normalized spacial score (nSPS) is 12.5. The van der Waals surface area contributed by atoms with E-state index in [2.05, 4.69) is 64.5 Å². The molecule has 0 fully saturated rings. The molecule has 1 heterocycles. The predicted molar refractivity (Wildman–Crippen MR) is 119 cm³/mol. The minimum Gasteiger partial charge on any atom is -0.381 e. The Morgan fingerprint density at radius 3 is 2.68 bits per heavy atom. The quantitative estimate of drug-likeness (QED) is 0.445. The highest BCUT2D eigenvalue weighted by atomic mass is 15.1. The van der Waals surface area contributed by atoms with Gasteiger partial charge in [0.05, 0.1) is 11.9 Å². The van der Waals surface area contributed by atoms with Crippen LogP contribution < -0.4 is 10.6 Å². The molecule has 1 aromatic heterocycles. The predicted octanol–water partition coefficient (Wildman–Crippen LogP) is 3.92. The van der Waals surface area contributed by atoms with E-state index in [0.717, 1.165) is 44.0 Å². The van der Waals surface area contributed by atoms with Crippen molar-refractivity contribution in [2.45, 2.75) is 39.5 Å². The lowest BCUT2D eigenvalue weighted by Crippen LogP contribution is -2.18. The maximum atomic E-state index is 4.79. The van der Waals surface area contributed by atoms with E-state index in [0.29, 0.717) is 0 Å². The van der Waals surface area contributed by atoms with E-state index in [1.807, 2.05) is 20.2 Å². The standard InChI is InChI=1S/C22H36N6/c1-6-12-23-13-8-14-26-22-18-25-17-16-24-15-11-21(27-22)19(2)9-7-10-20(3)28(4)5/h7,9-11,15-19,23H,6,8,12-14H2,1-5H3,(H,26,27)/b9-7-,20-10+. The van der Waals surface area contributed by atoms with Gasteiger partial charge in [0, 0.05) is 50.8 Å². The van der Waals surface area contributed by atoms with E-state index in [1.165, 1.54) is 5.70 Å². The third-order valence-corrected chi connectivity index (χ3v) is 4.19. The summed E-state index contributed by atoms with van der Waals surface area (Å²) < 4.78 is 0. The number of rotatable bonds is 11. The Kier molecular flexibility index (Phi) is 12.3. The highest BCUT2D eigenvalue weighted by Crippen LogP contribution is 2.14. The van der Waals surface area contributed by atoms with Crippen molar-refractivity contribution in [3.8, 4) is 0 Å². The van der Waals surface area contributed by atoms with Crippen LogP contribution in [0.2, 0.25) is 0 Å². The first-order valence-electron chi connectivity index (χ1n) is 10.0. The second kappa shape index (κ2) is 14.6. The summed E-state index contributed by atoms with van der Waals surface area (Å²) in [6.45, 7) is 9.30. The van der Waals surface area contributed by atoms with Crippen molar-refractivity contribution in [2.24, 2.45) is 0 Å².